The van der Waals surface area contributed by atoms with Crippen LogP contribution in [0.5, 0.6) is 0 Å². The molecule has 0 spiro atoms. The molecule has 19 heavy (non-hydrogen) atoms. The molecule has 1 aromatic heterocycles. The van der Waals surface area contributed by atoms with E-state index in [4.69, 9.17) is 4.74 Å². The molecule has 6 nitrogen and oxygen atoms in total. The highest BCUT2D eigenvalue weighted by Gasteiger charge is 2.13. The zero-order valence-corrected chi connectivity index (χ0v) is 12.2. The summed E-state index contributed by atoms with van der Waals surface area (Å²) in [5.41, 5.74) is 0. The van der Waals surface area contributed by atoms with Crippen molar-refractivity contribution < 1.29 is 9.53 Å². The van der Waals surface area contributed by atoms with E-state index in [0.717, 1.165) is 18.9 Å². The van der Waals surface area contributed by atoms with Crippen LogP contribution in [0.3, 0.4) is 0 Å². The summed E-state index contributed by atoms with van der Waals surface area (Å²) in [4.78, 5) is 15.9. The van der Waals surface area contributed by atoms with Gasteiger partial charge in [-0.25, -0.2) is 4.98 Å². The molecule has 1 heterocycles. The van der Waals surface area contributed by atoms with Gasteiger partial charge in [-0.3, -0.25) is 9.89 Å². The third kappa shape index (κ3) is 5.83. The Morgan fingerprint density at radius 3 is 2.68 bits per heavy atom. The van der Waals surface area contributed by atoms with Crippen LogP contribution in [0.1, 0.15) is 56.5 Å². The first-order valence-electron chi connectivity index (χ1n) is 6.79. The zero-order valence-electron chi connectivity index (χ0n) is 12.2. The normalized spacial score (nSPS) is 11.3. The maximum Gasteiger partial charge on any atom is 0.290 e. The van der Waals surface area contributed by atoms with Crippen LogP contribution in [0.2, 0.25) is 0 Å². The molecule has 6 heteroatoms. The van der Waals surface area contributed by atoms with Crippen molar-refractivity contribution in [3.05, 3.63) is 11.6 Å². The minimum absolute atomic E-state index is 0.201. The van der Waals surface area contributed by atoms with E-state index in [2.05, 4.69) is 34.3 Å². The monoisotopic (exact) mass is 268 g/mol. The molecule has 108 valence electrons. The number of nitrogens with zero attached hydrogens (tertiary/aromatic N) is 2. The molecule has 0 radical (unpaired) electrons. The highest BCUT2D eigenvalue weighted by Crippen LogP contribution is 2.07. The molecule has 0 fully saturated rings. The minimum atomic E-state index is -0.244. The Hall–Kier alpha value is -1.43. The van der Waals surface area contributed by atoms with Gasteiger partial charge in [0, 0.05) is 25.7 Å². The summed E-state index contributed by atoms with van der Waals surface area (Å²) in [5, 5.41) is 9.43. The number of ether oxygens (including phenoxy) is 1. The topological polar surface area (TPSA) is 79.9 Å². The molecular formula is C13H24N4O2. The number of rotatable bonds is 8. The molecule has 0 bridgehead atoms. The fourth-order valence-electron chi connectivity index (χ4n) is 1.41. The Kier molecular flexibility index (Phi) is 6.49. The fraction of sp³-hybridized carbons (Fsp3) is 0.769. The molecule has 0 aliphatic carbocycles. The number of aromatic nitrogens is 3. The van der Waals surface area contributed by atoms with Gasteiger partial charge in [-0.1, -0.05) is 27.7 Å². The van der Waals surface area contributed by atoms with Gasteiger partial charge in [-0.2, -0.15) is 0 Å². The van der Waals surface area contributed by atoms with E-state index in [0.29, 0.717) is 19.1 Å². The van der Waals surface area contributed by atoms with E-state index >= 15 is 0 Å². The average molecular weight is 268 g/mol. The molecule has 0 unspecified atom stereocenters. The molecule has 0 saturated heterocycles. The fourth-order valence-corrected chi connectivity index (χ4v) is 1.41. The summed E-state index contributed by atoms with van der Waals surface area (Å²) < 4.78 is 5.43. The number of H-pyrrole nitrogens is 1. The van der Waals surface area contributed by atoms with E-state index in [9.17, 15) is 4.79 Å². The van der Waals surface area contributed by atoms with Crippen molar-refractivity contribution in [3.8, 4) is 0 Å². The minimum Gasteiger partial charge on any atom is -0.381 e. The van der Waals surface area contributed by atoms with E-state index in [1.165, 1.54) is 0 Å². The van der Waals surface area contributed by atoms with E-state index in [1.54, 1.807) is 0 Å². The lowest BCUT2D eigenvalue weighted by Gasteiger charge is -2.06. The first-order chi connectivity index (χ1) is 9.00. The van der Waals surface area contributed by atoms with Gasteiger partial charge in [0.05, 0.1) is 0 Å². The Morgan fingerprint density at radius 2 is 2.11 bits per heavy atom. The van der Waals surface area contributed by atoms with Crippen LogP contribution in [-0.2, 0) is 4.74 Å². The largest absolute Gasteiger partial charge is 0.381 e. The van der Waals surface area contributed by atoms with Gasteiger partial charge >= 0.3 is 0 Å². The molecule has 0 aliphatic heterocycles. The molecule has 0 saturated carbocycles. The number of carbonyl (C=O) groups excluding carboxylic acids is 1. The van der Waals surface area contributed by atoms with Crippen LogP contribution in [0, 0.1) is 5.92 Å². The Bertz CT molecular complexity index is 388. The Morgan fingerprint density at radius 1 is 1.37 bits per heavy atom. The second-order valence-corrected chi connectivity index (χ2v) is 5.28. The van der Waals surface area contributed by atoms with Crippen molar-refractivity contribution in [1.29, 1.82) is 0 Å². The summed E-state index contributed by atoms with van der Waals surface area (Å²) in [6.45, 7) is 10.2. The van der Waals surface area contributed by atoms with Gasteiger partial charge in [0.15, 0.2) is 0 Å². The zero-order chi connectivity index (χ0) is 14.3. The van der Waals surface area contributed by atoms with Gasteiger partial charge < -0.3 is 10.1 Å². The number of amides is 1. The van der Waals surface area contributed by atoms with Gasteiger partial charge in [-0.15, -0.1) is 5.10 Å². The summed E-state index contributed by atoms with van der Waals surface area (Å²) in [6.07, 6.45) is 0.792. The van der Waals surface area contributed by atoms with Crippen molar-refractivity contribution in [3.63, 3.8) is 0 Å². The van der Waals surface area contributed by atoms with E-state index < -0.39 is 0 Å². The predicted octanol–water partition coefficient (Wildman–Crippen LogP) is 1.72. The predicted molar refractivity (Wildman–Crippen MR) is 73.1 cm³/mol. The summed E-state index contributed by atoms with van der Waals surface area (Å²) >= 11 is 0. The van der Waals surface area contributed by atoms with Gasteiger partial charge in [0.25, 0.3) is 5.91 Å². The van der Waals surface area contributed by atoms with Gasteiger partial charge in [0.1, 0.15) is 5.82 Å². The summed E-state index contributed by atoms with van der Waals surface area (Å²) in [7, 11) is 0. The molecule has 1 rings (SSSR count). The molecule has 1 amide bonds. The maximum atomic E-state index is 11.7. The molecule has 0 aromatic carbocycles. The Labute approximate surface area is 114 Å². The van der Waals surface area contributed by atoms with Crippen LogP contribution in [0.25, 0.3) is 0 Å². The molecular weight excluding hydrogens is 244 g/mol. The van der Waals surface area contributed by atoms with Gasteiger partial charge in [0.2, 0.25) is 5.82 Å². The van der Waals surface area contributed by atoms with Crippen LogP contribution < -0.4 is 5.32 Å². The second kappa shape index (κ2) is 7.89. The number of hydrogen-bond acceptors (Lipinski definition) is 4. The van der Waals surface area contributed by atoms with Crippen LogP contribution in [0.4, 0.5) is 0 Å². The van der Waals surface area contributed by atoms with Crippen LogP contribution in [0.15, 0.2) is 0 Å². The second-order valence-electron chi connectivity index (χ2n) is 5.28. The lowest BCUT2D eigenvalue weighted by atomic mass is 10.2. The molecule has 2 N–H and O–H groups in total. The highest BCUT2D eigenvalue weighted by atomic mass is 16.5. The number of hydrogen-bond donors (Lipinski definition) is 2. The third-order valence-electron chi connectivity index (χ3n) is 2.45. The van der Waals surface area contributed by atoms with Crippen molar-refractivity contribution in [1.82, 2.24) is 20.5 Å². The van der Waals surface area contributed by atoms with Crippen molar-refractivity contribution in [2.24, 2.45) is 5.92 Å². The summed E-state index contributed by atoms with van der Waals surface area (Å²) in [5.74, 6) is 1.46. The van der Waals surface area contributed by atoms with Crippen molar-refractivity contribution in [2.45, 2.75) is 40.0 Å². The average Bonchev–Trinajstić information content (AvgIpc) is 2.82. The number of aromatic amines is 1. The first kappa shape index (κ1) is 15.6. The Balaban J connectivity index is 2.20. The van der Waals surface area contributed by atoms with Crippen LogP contribution >= 0.6 is 0 Å². The van der Waals surface area contributed by atoms with Crippen molar-refractivity contribution in [2.75, 3.05) is 19.8 Å². The number of nitrogens with one attached hydrogen (secondary N) is 2. The lowest BCUT2D eigenvalue weighted by Crippen LogP contribution is -2.26. The van der Waals surface area contributed by atoms with E-state index in [-0.39, 0.29) is 17.6 Å². The van der Waals surface area contributed by atoms with Crippen molar-refractivity contribution >= 4 is 5.91 Å². The van der Waals surface area contributed by atoms with Gasteiger partial charge in [-0.05, 0) is 12.3 Å². The number of carbonyl (C=O) groups is 1. The first-order valence-corrected chi connectivity index (χ1v) is 6.79. The SMILES string of the molecule is CC(C)COCCCNC(=O)c1n[nH]c(C(C)C)n1. The smallest absolute Gasteiger partial charge is 0.290 e. The third-order valence-corrected chi connectivity index (χ3v) is 2.45. The van der Waals surface area contributed by atoms with Crippen LogP contribution in [-0.4, -0.2) is 40.8 Å². The van der Waals surface area contributed by atoms with E-state index in [1.807, 2.05) is 13.8 Å². The quantitative estimate of drug-likeness (QED) is 0.703. The molecule has 0 aliphatic rings. The maximum absolute atomic E-state index is 11.7. The highest BCUT2D eigenvalue weighted by molar-refractivity contribution is 5.90. The standard InChI is InChI=1S/C13H24N4O2/c1-9(2)8-19-7-5-6-14-13(18)12-15-11(10(3)4)16-17-12/h9-10H,5-8H2,1-4H3,(H,14,18)(H,15,16,17). The summed E-state index contributed by atoms with van der Waals surface area (Å²) in [6, 6.07) is 0. The lowest BCUT2D eigenvalue weighted by molar-refractivity contribution is 0.0916. The molecule has 1 aromatic rings. The molecule has 0 atom stereocenters.